The van der Waals surface area contributed by atoms with Crippen molar-refractivity contribution in [3.05, 3.63) is 48.6 Å². The van der Waals surface area contributed by atoms with Crippen LogP contribution in [0.15, 0.2) is 48.6 Å². The predicted octanol–water partition coefficient (Wildman–Crippen LogP) is 8.41. The topological polar surface area (TPSA) is 178 Å². The van der Waals surface area contributed by atoms with E-state index in [2.05, 4.69) is 66.6 Å². The highest BCUT2D eigenvalue weighted by Crippen LogP contribution is 2.26. The van der Waals surface area contributed by atoms with E-state index < -0.39 is 59.8 Å². The first-order valence-electron chi connectivity index (χ1n) is 21.4. The third-order valence-electron chi connectivity index (χ3n) is 9.40. The number of carbonyl (C=O) groups excluding carboxylic acids is 1. The van der Waals surface area contributed by atoms with Crippen molar-refractivity contribution in [2.75, 3.05) is 26.4 Å². The maximum atomic E-state index is 12.8. The minimum absolute atomic E-state index is 0.0216. The van der Waals surface area contributed by atoms with E-state index in [4.69, 9.17) is 23.5 Å². The summed E-state index contributed by atoms with van der Waals surface area (Å²) in [6.45, 7) is 3.84. The standard InChI is InChI=1S/C43H76O12S/c1-3-5-7-9-11-13-15-17-18-19-21-23-25-27-29-31-33-51-35-37(36-52-43-41(47)42(55-56(48,49)50)40(46)38(34-44)54-43)53-39(45)32-30-28-26-24-22-20-16-14-12-10-8-6-4-2/h8,10-11,13-14,16-18,37-38,40-44,46-47H,3-7,9,12,15,19-36H2,1-2H3,(H,48,49,50)/b10-8-,13-11-,16-14-,18-17-. The molecule has 0 radical (unpaired) electrons. The van der Waals surface area contributed by atoms with Crippen molar-refractivity contribution in [1.29, 1.82) is 0 Å². The van der Waals surface area contributed by atoms with Crippen LogP contribution in [0.5, 0.6) is 0 Å². The Morgan fingerprint density at radius 3 is 1.77 bits per heavy atom. The molecule has 0 aromatic carbocycles. The molecular weight excluding hydrogens is 741 g/mol. The van der Waals surface area contributed by atoms with Gasteiger partial charge in [0.25, 0.3) is 0 Å². The fourth-order valence-corrected chi connectivity index (χ4v) is 6.66. The maximum Gasteiger partial charge on any atom is 0.397 e. The van der Waals surface area contributed by atoms with Gasteiger partial charge in [0, 0.05) is 13.0 Å². The van der Waals surface area contributed by atoms with Gasteiger partial charge in [0.2, 0.25) is 0 Å². The van der Waals surface area contributed by atoms with Crippen LogP contribution in [0.4, 0.5) is 0 Å². The number of allylic oxidation sites excluding steroid dienone is 8. The lowest BCUT2D eigenvalue weighted by Gasteiger charge is -2.41. The molecule has 326 valence electrons. The summed E-state index contributed by atoms with van der Waals surface area (Å²) in [5.41, 5.74) is 0. The monoisotopic (exact) mass is 817 g/mol. The van der Waals surface area contributed by atoms with Gasteiger partial charge in [0.15, 0.2) is 6.29 Å². The van der Waals surface area contributed by atoms with Crippen LogP contribution in [0.3, 0.4) is 0 Å². The van der Waals surface area contributed by atoms with Crippen LogP contribution >= 0.6 is 0 Å². The minimum atomic E-state index is -5.06. The molecule has 6 atom stereocenters. The first-order valence-corrected chi connectivity index (χ1v) is 22.8. The Morgan fingerprint density at radius 2 is 1.21 bits per heavy atom. The fourth-order valence-electron chi connectivity index (χ4n) is 6.15. The molecule has 1 rings (SSSR count). The van der Waals surface area contributed by atoms with Gasteiger partial charge in [-0.1, -0.05) is 127 Å². The first-order chi connectivity index (χ1) is 27.1. The number of aliphatic hydroxyl groups excluding tert-OH is 3. The average Bonchev–Trinajstić information content (AvgIpc) is 3.17. The van der Waals surface area contributed by atoms with E-state index in [1.54, 1.807) is 0 Å². The normalized spacial score (nSPS) is 21.3. The number of carbonyl (C=O) groups is 1. The predicted molar refractivity (Wildman–Crippen MR) is 220 cm³/mol. The smallest absolute Gasteiger partial charge is 0.397 e. The van der Waals surface area contributed by atoms with Crippen molar-refractivity contribution in [2.45, 2.75) is 192 Å². The second kappa shape index (κ2) is 35.0. The molecule has 4 N–H and O–H groups in total. The van der Waals surface area contributed by atoms with E-state index in [1.165, 1.54) is 44.9 Å². The van der Waals surface area contributed by atoms with Crippen LogP contribution in [0.1, 0.15) is 155 Å². The molecule has 1 aliphatic heterocycles. The Kier molecular flexibility index (Phi) is 32.6. The molecule has 0 aromatic rings. The summed E-state index contributed by atoms with van der Waals surface area (Å²) in [6.07, 6.45) is 31.4. The molecule has 13 heteroatoms. The number of unbranched alkanes of at least 4 members (excludes halogenated alkanes) is 15. The molecule has 0 amide bonds. The number of aliphatic hydroxyl groups is 3. The number of hydrogen-bond donors (Lipinski definition) is 4. The molecule has 12 nitrogen and oxygen atoms in total. The highest BCUT2D eigenvalue weighted by Gasteiger charge is 2.48. The molecule has 0 spiro atoms. The molecule has 0 aliphatic carbocycles. The zero-order valence-electron chi connectivity index (χ0n) is 34.4. The Morgan fingerprint density at radius 1 is 0.679 bits per heavy atom. The summed E-state index contributed by atoms with van der Waals surface area (Å²) in [4.78, 5) is 12.8. The van der Waals surface area contributed by atoms with Gasteiger partial charge in [-0.15, -0.1) is 0 Å². The lowest BCUT2D eigenvalue weighted by molar-refractivity contribution is -0.301. The van der Waals surface area contributed by atoms with Crippen LogP contribution in [0.25, 0.3) is 0 Å². The van der Waals surface area contributed by atoms with E-state index in [1.807, 2.05) is 0 Å². The summed E-state index contributed by atoms with van der Waals surface area (Å²) < 4.78 is 58.9. The lowest BCUT2D eigenvalue weighted by atomic mass is 9.99. The van der Waals surface area contributed by atoms with E-state index in [0.717, 1.165) is 83.5 Å². The zero-order valence-corrected chi connectivity index (χ0v) is 35.2. The van der Waals surface area contributed by atoms with E-state index in [0.29, 0.717) is 13.0 Å². The molecule has 0 bridgehead atoms. The Bertz CT molecular complexity index is 1170. The van der Waals surface area contributed by atoms with Gasteiger partial charge in [-0.2, -0.15) is 8.42 Å². The van der Waals surface area contributed by atoms with Gasteiger partial charge < -0.3 is 34.3 Å². The number of rotatable bonds is 36. The highest BCUT2D eigenvalue weighted by molar-refractivity contribution is 7.80. The van der Waals surface area contributed by atoms with Crippen LogP contribution < -0.4 is 0 Å². The van der Waals surface area contributed by atoms with Gasteiger partial charge in [-0.3, -0.25) is 9.35 Å². The van der Waals surface area contributed by atoms with Crippen molar-refractivity contribution in [2.24, 2.45) is 0 Å². The van der Waals surface area contributed by atoms with Crippen molar-refractivity contribution >= 4 is 16.4 Å². The second-order valence-electron chi connectivity index (χ2n) is 14.6. The van der Waals surface area contributed by atoms with Crippen LogP contribution in [0.2, 0.25) is 0 Å². The number of esters is 1. The van der Waals surface area contributed by atoms with Crippen LogP contribution in [-0.4, -0.2) is 97.5 Å². The number of ether oxygens (including phenoxy) is 4. The average molecular weight is 817 g/mol. The highest BCUT2D eigenvalue weighted by atomic mass is 32.3. The summed E-state index contributed by atoms with van der Waals surface area (Å²) in [6, 6.07) is 0. The van der Waals surface area contributed by atoms with E-state index in [9.17, 15) is 28.5 Å². The third kappa shape index (κ3) is 28.5. The Balaban J connectivity index is 2.48. The maximum absolute atomic E-state index is 12.8. The molecule has 6 unspecified atom stereocenters. The Labute approximate surface area is 338 Å². The van der Waals surface area contributed by atoms with Crippen molar-refractivity contribution in [3.63, 3.8) is 0 Å². The second-order valence-corrected chi connectivity index (χ2v) is 15.6. The summed E-state index contributed by atoms with van der Waals surface area (Å²) in [5, 5.41) is 30.6. The minimum Gasteiger partial charge on any atom is -0.457 e. The third-order valence-corrected chi connectivity index (χ3v) is 9.87. The van der Waals surface area contributed by atoms with E-state index in [-0.39, 0.29) is 19.6 Å². The van der Waals surface area contributed by atoms with Gasteiger partial charge >= 0.3 is 16.4 Å². The van der Waals surface area contributed by atoms with Crippen LogP contribution in [-0.2, 0) is 38.3 Å². The molecule has 0 aromatic heterocycles. The van der Waals surface area contributed by atoms with Crippen LogP contribution in [0, 0.1) is 0 Å². The molecular formula is C43H76O12S. The van der Waals surface area contributed by atoms with Crippen molar-refractivity contribution < 1.29 is 56.2 Å². The molecule has 1 fully saturated rings. The van der Waals surface area contributed by atoms with Gasteiger partial charge in [-0.05, 0) is 70.6 Å². The summed E-state index contributed by atoms with van der Waals surface area (Å²) in [5.74, 6) is -0.420. The van der Waals surface area contributed by atoms with Gasteiger partial charge in [0.1, 0.15) is 30.5 Å². The van der Waals surface area contributed by atoms with E-state index >= 15 is 0 Å². The molecule has 0 saturated carbocycles. The molecule has 1 saturated heterocycles. The fraction of sp³-hybridized carbons (Fsp3) is 0.791. The molecule has 1 aliphatic rings. The largest absolute Gasteiger partial charge is 0.457 e. The summed E-state index contributed by atoms with van der Waals surface area (Å²) >= 11 is 0. The quantitative estimate of drug-likeness (QED) is 0.0206. The lowest BCUT2D eigenvalue weighted by Crippen LogP contribution is -2.60. The SMILES string of the molecule is CCC/C=C\C/C=C\CCCCCCCC(=O)OC(COCCCCCCCC/C=C\C/C=C\CCCCC)COC1OC(CO)C(O)C(OS(=O)(=O)O)C1O. The first kappa shape index (κ1) is 52.1. The zero-order chi connectivity index (χ0) is 41.1. The number of hydrogen-bond acceptors (Lipinski definition) is 11. The Hall–Kier alpha value is -1.94. The van der Waals surface area contributed by atoms with Gasteiger partial charge in [0.05, 0.1) is 19.8 Å². The summed E-state index contributed by atoms with van der Waals surface area (Å²) in [7, 11) is -5.06. The molecule has 1 heterocycles. The van der Waals surface area contributed by atoms with Gasteiger partial charge in [-0.25, -0.2) is 4.18 Å². The van der Waals surface area contributed by atoms with Crippen molar-refractivity contribution in [3.8, 4) is 0 Å². The molecule has 56 heavy (non-hydrogen) atoms. The van der Waals surface area contributed by atoms with Crippen molar-refractivity contribution in [1.82, 2.24) is 0 Å².